The van der Waals surface area contributed by atoms with Gasteiger partial charge in [0.1, 0.15) is 17.2 Å². The van der Waals surface area contributed by atoms with E-state index in [-0.39, 0.29) is 17.2 Å². The van der Waals surface area contributed by atoms with Gasteiger partial charge in [-0.3, -0.25) is 24.5 Å². The smallest absolute Gasteiger partial charge is 0.270 e. The summed E-state index contributed by atoms with van der Waals surface area (Å²) in [4.78, 5) is 56.7. The first-order chi connectivity index (χ1) is 20.9. The topological polar surface area (TPSA) is 119 Å². The molecule has 0 radical (unpaired) electrons. The Morgan fingerprint density at radius 3 is 2.42 bits per heavy atom. The van der Waals surface area contributed by atoms with Gasteiger partial charge in [0, 0.05) is 35.1 Å². The van der Waals surface area contributed by atoms with Gasteiger partial charge >= 0.3 is 0 Å². The lowest BCUT2D eigenvalue weighted by Gasteiger charge is -2.38. The molecule has 4 aromatic carbocycles. The van der Waals surface area contributed by atoms with Crippen molar-refractivity contribution in [1.82, 2.24) is 4.90 Å². The molecule has 4 atom stereocenters. The lowest BCUT2D eigenvalue weighted by Crippen LogP contribution is -2.49. The van der Waals surface area contributed by atoms with Gasteiger partial charge in [0.25, 0.3) is 5.69 Å². The highest BCUT2D eigenvalue weighted by Crippen LogP contribution is 2.62. The fourth-order valence-corrected chi connectivity index (χ4v) is 7.05. The largest absolute Gasteiger partial charge is 0.497 e. The molecule has 212 valence electrons. The number of methoxy groups -OCH3 is 1. The molecule has 0 aromatic heterocycles. The number of nitrogens with one attached hydrogen (secondary N) is 1. The van der Waals surface area contributed by atoms with E-state index in [0.29, 0.717) is 22.6 Å². The van der Waals surface area contributed by atoms with E-state index in [1.165, 1.54) is 31.4 Å². The van der Waals surface area contributed by atoms with Crippen LogP contribution in [0, 0.1) is 16.0 Å². The molecule has 1 spiro atoms. The number of non-ortho nitro benzene ring substituents is 1. The maximum atomic E-state index is 14.8. The minimum Gasteiger partial charge on any atom is -0.497 e. The average Bonchev–Trinajstić information content (AvgIpc) is 3.52. The van der Waals surface area contributed by atoms with Crippen LogP contribution >= 0.6 is 0 Å². The van der Waals surface area contributed by atoms with Crippen LogP contribution in [0.15, 0.2) is 103 Å². The van der Waals surface area contributed by atoms with Crippen LogP contribution in [0.3, 0.4) is 0 Å². The van der Waals surface area contributed by atoms with Crippen molar-refractivity contribution in [3.05, 3.63) is 141 Å². The first kappa shape index (κ1) is 26.3. The lowest BCUT2D eigenvalue weighted by atomic mass is 9.62. The average molecular weight is 572 g/mol. The highest BCUT2D eigenvalue weighted by Gasteiger charge is 2.70. The van der Waals surface area contributed by atoms with Gasteiger partial charge in [-0.15, -0.1) is 0 Å². The van der Waals surface area contributed by atoms with Gasteiger partial charge in [-0.1, -0.05) is 54.6 Å². The summed E-state index contributed by atoms with van der Waals surface area (Å²) in [5.41, 5.74) is 1.56. The number of ether oxygens (including phenoxy) is 1. The molecule has 1 fully saturated rings. The van der Waals surface area contributed by atoms with Gasteiger partial charge < -0.3 is 15.0 Å². The van der Waals surface area contributed by atoms with Crippen LogP contribution in [0.5, 0.6) is 5.75 Å². The highest BCUT2D eigenvalue weighted by molar-refractivity contribution is 6.16. The Hall–Kier alpha value is -5.57. The summed E-state index contributed by atoms with van der Waals surface area (Å²) >= 11 is 0. The Balaban J connectivity index is 1.51. The molecular weight excluding hydrogens is 546 g/mol. The van der Waals surface area contributed by atoms with Crippen LogP contribution in [-0.2, 0) is 10.2 Å². The van der Waals surface area contributed by atoms with E-state index in [1.807, 2.05) is 48.5 Å². The zero-order chi connectivity index (χ0) is 29.9. The van der Waals surface area contributed by atoms with Crippen molar-refractivity contribution in [1.29, 1.82) is 0 Å². The number of ketones is 2. The minimum absolute atomic E-state index is 0.0847. The predicted octanol–water partition coefficient (Wildman–Crippen LogP) is 5.59. The van der Waals surface area contributed by atoms with E-state index in [1.54, 1.807) is 41.4 Å². The molecule has 0 saturated carbocycles. The first-order valence-corrected chi connectivity index (χ1v) is 13.8. The van der Waals surface area contributed by atoms with Crippen molar-refractivity contribution in [2.24, 2.45) is 5.92 Å². The predicted molar refractivity (Wildman–Crippen MR) is 159 cm³/mol. The molecule has 9 nitrogen and oxygen atoms in total. The normalized spacial score (nSPS) is 22.9. The Bertz CT molecular complexity index is 1870. The monoisotopic (exact) mass is 571 g/mol. The first-order valence-electron chi connectivity index (χ1n) is 13.8. The van der Waals surface area contributed by atoms with E-state index in [4.69, 9.17) is 4.74 Å². The zero-order valence-electron chi connectivity index (χ0n) is 23.0. The number of hydrogen-bond donors (Lipinski definition) is 1. The van der Waals surface area contributed by atoms with Crippen LogP contribution in [0.4, 0.5) is 11.4 Å². The van der Waals surface area contributed by atoms with E-state index in [9.17, 15) is 24.5 Å². The molecule has 7 rings (SSSR count). The number of anilines is 1. The molecule has 3 aliphatic rings. The zero-order valence-corrected chi connectivity index (χ0v) is 23.0. The molecule has 9 heteroatoms. The molecule has 1 amide bonds. The fraction of sp³-hybridized carbons (Fsp3) is 0.147. The molecule has 43 heavy (non-hydrogen) atoms. The van der Waals surface area contributed by atoms with E-state index in [0.717, 1.165) is 11.1 Å². The van der Waals surface area contributed by atoms with Crippen molar-refractivity contribution in [2.45, 2.75) is 17.5 Å². The van der Waals surface area contributed by atoms with Crippen LogP contribution in [0.2, 0.25) is 0 Å². The van der Waals surface area contributed by atoms with E-state index >= 15 is 0 Å². The molecule has 3 heterocycles. The van der Waals surface area contributed by atoms with Crippen molar-refractivity contribution in [3.63, 3.8) is 0 Å². The van der Waals surface area contributed by atoms with Crippen LogP contribution in [0.1, 0.15) is 43.4 Å². The fourth-order valence-electron chi connectivity index (χ4n) is 7.05. The number of para-hydroxylation sites is 1. The maximum absolute atomic E-state index is 14.8. The number of nitrogens with zero attached hydrogens (tertiary/aromatic N) is 2. The third-order valence-electron chi connectivity index (χ3n) is 8.84. The number of amides is 1. The number of rotatable bonds is 6. The Morgan fingerprint density at radius 1 is 0.907 bits per heavy atom. The lowest BCUT2D eigenvalue weighted by molar-refractivity contribution is -0.384. The number of hydrogen-bond acceptors (Lipinski definition) is 7. The van der Waals surface area contributed by atoms with Gasteiger partial charge in [0.05, 0.1) is 24.0 Å². The van der Waals surface area contributed by atoms with Gasteiger partial charge in [0.2, 0.25) is 5.91 Å². The molecule has 1 saturated heterocycles. The van der Waals surface area contributed by atoms with Gasteiger partial charge in [-0.05, 0) is 53.1 Å². The summed E-state index contributed by atoms with van der Waals surface area (Å²) in [6.45, 7) is 0. The van der Waals surface area contributed by atoms with Crippen molar-refractivity contribution >= 4 is 34.9 Å². The number of carbonyl (C=O) groups is 3. The molecule has 1 N–H and O–H groups in total. The summed E-state index contributed by atoms with van der Waals surface area (Å²) in [5.74, 6) is -1.88. The van der Waals surface area contributed by atoms with Gasteiger partial charge in [0.15, 0.2) is 11.6 Å². The quantitative estimate of drug-likeness (QED) is 0.182. The number of nitro benzene ring substituents is 1. The molecule has 0 unspecified atom stereocenters. The van der Waals surface area contributed by atoms with Crippen molar-refractivity contribution in [2.75, 3.05) is 12.4 Å². The highest BCUT2D eigenvalue weighted by atomic mass is 16.6. The molecular formula is C34H25N3O6. The standard InChI is InChI=1S/C34H25N3O6/c1-43-24-15-13-21(14-16-24)30(38)28-29(31(39)22-8-6-9-23(19-22)37(41)42)36-18-17-20-7-2-3-10-25(20)32(36)34(28)26-11-4-5-12-27(26)35-33(34)40/h2-19,28-29,32H,1H3,(H,35,40)/t28-,29-,32+,34+/m0/s1. The second-order valence-electron chi connectivity index (χ2n) is 10.9. The maximum Gasteiger partial charge on any atom is 0.270 e. The van der Waals surface area contributed by atoms with Crippen LogP contribution in [0.25, 0.3) is 6.08 Å². The number of nitro groups is 1. The third-order valence-corrected chi connectivity index (χ3v) is 8.84. The molecule has 0 bridgehead atoms. The minimum atomic E-state index is -1.49. The van der Waals surface area contributed by atoms with Gasteiger partial charge in [-0.25, -0.2) is 0 Å². The SMILES string of the molecule is COc1ccc(C(=O)[C@@H]2[C@@H](C(=O)c3cccc([N+](=O)[O-])c3)N3C=Cc4ccccc4[C@@H]3[C@]23C(=O)Nc2ccccc23)cc1. The van der Waals surface area contributed by atoms with Gasteiger partial charge in [-0.2, -0.15) is 0 Å². The summed E-state index contributed by atoms with van der Waals surface area (Å²) in [7, 11) is 1.53. The number of carbonyl (C=O) groups excluding carboxylic acids is 3. The van der Waals surface area contributed by atoms with Crippen LogP contribution in [-0.4, -0.2) is 40.4 Å². The summed E-state index contributed by atoms with van der Waals surface area (Å²) in [6.07, 6.45) is 3.64. The van der Waals surface area contributed by atoms with Crippen molar-refractivity contribution in [3.8, 4) is 5.75 Å². The summed E-state index contributed by atoms with van der Waals surface area (Å²) < 4.78 is 5.29. The molecule has 0 aliphatic carbocycles. The third kappa shape index (κ3) is 3.74. The number of benzene rings is 4. The number of Topliss-reactive ketones (excluding diaryl/α,β-unsaturated/α-hetero) is 2. The summed E-state index contributed by atoms with van der Waals surface area (Å²) in [5, 5.41) is 14.6. The Morgan fingerprint density at radius 2 is 1.65 bits per heavy atom. The van der Waals surface area contributed by atoms with E-state index in [2.05, 4.69) is 5.32 Å². The Kier molecular flexibility index (Phi) is 5.98. The molecule has 3 aliphatic heterocycles. The molecule has 4 aromatic rings. The van der Waals surface area contributed by atoms with Crippen LogP contribution < -0.4 is 10.1 Å². The number of fused-ring (bicyclic) bond motifs is 6. The Labute approximate surface area is 246 Å². The summed E-state index contributed by atoms with van der Waals surface area (Å²) in [6, 6.07) is 25.1. The van der Waals surface area contributed by atoms with Crippen molar-refractivity contribution < 1.29 is 24.0 Å². The van der Waals surface area contributed by atoms with E-state index < -0.39 is 39.9 Å². The second kappa shape index (κ2) is 9.77. The second-order valence-corrected chi connectivity index (χ2v) is 10.9.